The molecule has 0 aliphatic heterocycles. The van der Waals surface area contributed by atoms with Crippen molar-refractivity contribution in [3.05, 3.63) is 11.6 Å². The summed E-state index contributed by atoms with van der Waals surface area (Å²) in [5, 5.41) is 3.81. The zero-order valence-electron chi connectivity index (χ0n) is 11.1. The number of rotatable bonds is 3. The SMILES string of the molecule is CC1=CC(C)CC(CNC2CCCC2C)C1. The van der Waals surface area contributed by atoms with Crippen LogP contribution in [0.5, 0.6) is 0 Å². The second-order valence-corrected chi connectivity index (χ2v) is 6.22. The van der Waals surface area contributed by atoms with E-state index in [0.29, 0.717) is 0 Å². The molecular weight excluding hydrogens is 194 g/mol. The molecule has 4 atom stereocenters. The van der Waals surface area contributed by atoms with Gasteiger partial charge < -0.3 is 5.32 Å². The van der Waals surface area contributed by atoms with Crippen molar-refractivity contribution in [1.29, 1.82) is 0 Å². The van der Waals surface area contributed by atoms with Gasteiger partial charge in [-0.1, -0.05) is 31.9 Å². The van der Waals surface area contributed by atoms with Gasteiger partial charge in [0.05, 0.1) is 0 Å². The second kappa shape index (κ2) is 5.35. The minimum Gasteiger partial charge on any atom is -0.313 e. The number of allylic oxidation sites excluding steroid dienone is 2. The molecule has 0 bridgehead atoms. The van der Waals surface area contributed by atoms with Crippen LogP contribution in [0.25, 0.3) is 0 Å². The minimum atomic E-state index is 0.793. The highest BCUT2D eigenvalue weighted by atomic mass is 14.9. The van der Waals surface area contributed by atoms with Crippen molar-refractivity contribution in [2.24, 2.45) is 17.8 Å². The molecule has 1 fully saturated rings. The number of hydrogen-bond donors (Lipinski definition) is 1. The minimum absolute atomic E-state index is 0.793. The molecule has 2 rings (SSSR count). The van der Waals surface area contributed by atoms with Crippen LogP contribution in [0.4, 0.5) is 0 Å². The molecular formula is C15H27N. The Hall–Kier alpha value is -0.300. The summed E-state index contributed by atoms with van der Waals surface area (Å²) >= 11 is 0. The molecule has 0 saturated heterocycles. The summed E-state index contributed by atoms with van der Waals surface area (Å²) in [6.45, 7) is 8.29. The van der Waals surface area contributed by atoms with Crippen molar-refractivity contribution in [2.45, 2.75) is 58.9 Å². The van der Waals surface area contributed by atoms with Crippen LogP contribution in [0.15, 0.2) is 11.6 Å². The summed E-state index contributed by atoms with van der Waals surface area (Å²) in [6.07, 6.45) is 9.41. The van der Waals surface area contributed by atoms with E-state index in [0.717, 1.165) is 23.8 Å². The van der Waals surface area contributed by atoms with Gasteiger partial charge in [0.1, 0.15) is 0 Å². The van der Waals surface area contributed by atoms with E-state index >= 15 is 0 Å². The average molecular weight is 221 g/mol. The van der Waals surface area contributed by atoms with Gasteiger partial charge in [0.25, 0.3) is 0 Å². The van der Waals surface area contributed by atoms with Gasteiger partial charge in [-0.15, -0.1) is 0 Å². The first-order valence-corrected chi connectivity index (χ1v) is 7.06. The molecule has 4 unspecified atom stereocenters. The Morgan fingerprint density at radius 1 is 1.31 bits per heavy atom. The third-order valence-corrected chi connectivity index (χ3v) is 4.42. The summed E-state index contributed by atoms with van der Waals surface area (Å²) < 4.78 is 0. The van der Waals surface area contributed by atoms with E-state index in [1.54, 1.807) is 5.57 Å². The largest absolute Gasteiger partial charge is 0.313 e. The Morgan fingerprint density at radius 2 is 2.12 bits per heavy atom. The molecule has 0 aromatic heterocycles. The Labute approximate surface area is 101 Å². The van der Waals surface area contributed by atoms with Crippen LogP contribution in [0.3, 0.4) is 0 Å². The predicted molar refractivity (Wildman–Crippen MR) is 70.5 cm³/mol. The van der Waals surface area contributed by atoms with E-state index in [9.17, 15) is 0 Å². The molecule has 0 radical (unpaired) electrons. The van der Waals surface area contributed by atoms with Crippen LogP contribution >= 0.6 is 0 Å². The molecule has 1 nitrogen and oxygen atoms in total. The highest BCUT2D eigenvalue weighted by Gasteiger charge is 2.24. The van der Waals surface area contributed by atoms with Gasteiger partial charge in [-0.3, -0.25) is 0 Å². The summed E-state index contributed by atoms with van der Waals surface area (Å²) in [6, 6.07) is 0.807. The first kappa shape index (κ1) is 12.2. The first-order chi connectivity index (χ1) is 7.65. The van der Waals surface area contributed by atoms with Gasteiger partial charge in [0.15, 0.2) is 0 Å². The predicted octanol–water partition coefficient (Wildman–Crippen LogP) is 3.76. The van der Waals surface area contributed by atoms with Gasteiger partial charge in [-0.05, 0) is 56.9 Å². The molecule has 0 spiro atoms. The maximum Gasteiger partial charge on any atom is 0.00928 e. The summed E-state index contributed by atoms with van der Waals surface area (Å²) in [7, 11) is 0. The molecule has 0 aromatic rings. The molecule has 16 heavy (non-hydrogen) atoms. The molecule has 2 aliphatic rings. The standard InChI is InChI=1S/C15H27N/c1-11-7-12(2)9-14(8-11)10-16-15-6-4-5-13(15)3/h7,11,13-16H,4-6,8-10H2,1-3H3. The van der Waals surface area contributed by atoms with Gasteiger partial charge >= 0.3 is 0 Å². The third-order valence-electron chi connectivity index (χ3n) is 4.42. The van der Waals surface area contributed by atoms with E-state index < -0.39 is 0 Å². The van der Waals surface area contributed by atoms with E-state index in [1.165, 1.54) is 38.6 Å². The first-order valence-electron chi connectivity index (χ1n) is 7.06. The van der Waals surface area contributed by atoms with Gasteiger partial charge in [-0.2, -0.15) is 0 Å². The zero-order chi connectivity index (χ0) is 11.5. The Bertz CT molecular complexity index is 256. The van der Waals surface area contributed by atoms with Crippen LogP contribution in [0.2, 0.25) is 0 Å². The number of hydrogen-bond acceptors (Lipinski definition) is 1. The quantitative estimate of drug-likeness (QED) is 0.716. The third kappa shape index (κ3) is 3.10. The average Bonchev–Trinajstić information content (AvgIpc) is 2.59. The van der Waals surface area contributed by atoms with Crippen LogP contribution in [0.1, 0.15) is 52.9 Å². The lowest BCUT2D eigenvalue weighted by Gasteiger charge is -2.28. The van der Waals surface area contributed by atoms with E-state index in [-0.39, 0.29) is 0 Å². The van der Waals surface area contributed by atoms with Crippen molar-refractivity contribution in [1.82, 2.24) is 5.32 Å². The van der Waals surface area contributed by atoms with Crippen LogP contribution in [0, 0.1) is 17.8 Å². The van der Waals surface area contributed by atoms with Crippen molar-refractivity contribution in [2.75, 3.05) is 6.54 Å². The second-order valence-electron chi connectivity index (χ2n) is 6.22. The van der Waals surface area contributed by atoms with Crippen molar-refractivity contribution in [3.63, 3.8) is 0 Å². The van der Waals surface area contributed by atoms with E-state index in [1.807, 2.05) is 0 Å². The monoisotopic (exact) mass is 221 g/mol. The van der Waals surface area contributed by atoms with Crippen LogP contribution in [-0.4, -0.2) is 12.6 Å². The topological polar surface area (TPSA) is 12.0 Å². The molecule has 1 N–H and O–H groups in total. The fourth-order valence-corrected chi connectivity index (χ4v) is 3.61. The Kier molecular flexibility index (Phi) is 4.07. The molecule has 0 amide bonds. The highest BCUT2D eigenvalue weighted by Crippen LogP contribution is 2.29. The van der Waals surface area contributed by atoms with Gasteiger partial charge in [0.2, 0.25) is 0 Å². The Balaban J connectivity index is 1.76. The number of nitrogens with one attached hydrogen (secondary N) is 1. The lowest BCUT2D eigenvalue weighted by Crippen LogP contribution is -2.36. The van der Waals surface area contributed by atoms with E-state index in [2.05, 4.69) is 32.2 Å². The molecule has 0 heterocycles. The normalized spacial score (nSPS) is 39.8. The fraction of sp³-hybridized carbons (Fsp3) is 0.867. The van der Waals surface area contributed by atoms with Crippen molar-refractivity contribution >= 4 is 0 Å². The molecule has 1 saturated carbocycles. The van der Waals surface area contributed by atoms with Crippen LogP contribution in [-0.2, 0) is 0 Å². The lowest BCUT2D eigenvalue weighted by atomic mass is 9.83. The summed E-state index contributed by atoms with van der Waals surface area (Å²) in [5.74, 6) is 2.58. The molecule has 2 aliphatic carbocycles. The highest BCUT2D eigenvalue weighted by molar-refractivity contribution is 5.06. The molecule has 92 valence electrons. The summed E-state index contributed by atoms with van der Waals surface area (Å²) in [5.41, 5.74) is 1.60. The zero-order valence-corrected chi connectivity index (χ0v) is 11.1. The lowest BCUT2D eigenvalue weighted by molar-refractivity contribution is 0.337. The maximum absolute atomic E-state index is 3.81. The molecule has 0 aromatic carbocycles. The molecule has 1 heteroatoms. The fourth-order valence-electron chi connectivity index (χ4n) is 3.61. The maximum atomic E-state index is 3.81. The van der Waals surface area contributed by atoms with Gasteiger partial charge in [-0.25, -0.2) is 0 Å². The van der Waals surface area contributed by atoms with E-state index in [4.69, 9.17) is 0 Å². The Morgan fingerprint density at radius 3 is 2.75 bits per heavy atom. The van der Waals surface area contributed by atoms with Crippen molar-refractivity contribution < 1.29 is 0 Å². The summed E-state index contributed by atoms with van der Waals surface area (Å²) in [4.78, 5) is 0. The van der Waals surface area contributed by atoms with Crippen LogP contribution < -0.4 is 5.32 Å². The van der Waals surface area contributed by atoms with Gasteiger partial charge in [0, 0.05) is 6.04 Å². The van der Waals surface area contributed by atoms with Crippen molar-refractivity contribution in [3.8, 4) is 0 Å². The smallest absolute Gasteiger partial charge is 0.00928 e.